The van der Waals surface area contributed by atoms with E-state index in [1.54, 1.807) is 0 Å². The number of rotatable bonds is 7. The van der Waals surface area contributed by atoms with Gasteiger partial charge in [0.05, 0.1) is 5.41 Å². The van der Waals surface area contributed by atoms with Crippen molar-refractivity contribution in [3.8, 4) is 66.8 Å². The van der Waals surface area contributed by atoms with Gasteiger partial charge in [0, 0.05) is 10.8 Å². The molecule has 0 radical (unpaired) electrons. The Kier molecular flexibility index (Phi) is 8.47. The van der Waals surface area contributed by atoms with Crippen molar-refractivity contribution in [3.05, 3.63) is 265 Å². The zero-order chi connectivity index (χ0) is 41.0. The summed E-state index contributed by atoms with van der Waals surface area (Å²) >= 11 is 0. The lowest BCUT2D eigenvalue weighted by Gasteiger charge is -2.33. The van der Waals surface area contributed by atoms with Gasteiger partial charge in [0.1, 0.15) is 11.2 Å². The summed E-state index contributed by atoms with van der Waals surface area (Å²) in [5, 5.41) is 2.23. The van der Waals surface area contributed by atoms with E-state index in [1.165, 1.54) is 83.5 Å². The second-order valence-electron chi connectivity index (χ2n) is 16.4. The smallest absolute Gasteiger partial charge is 0.135 e. The van der Waals surface area contributed by atoms with Gasteiger partial charge in [0.25, 0.3) is 0 Å². The van der Waals surface area contributed by atoms with E-state index >= 15 is 0 Å². The number of hydrogen-bond acceptors (Lipinski definition) is 1. The molecule has 1 nitrogen and oxygen atoms in total. The number of benzene rings is 10. The van der Waals surface area contributed by atoms with Crippen molar-refractivity contribution in [3.63, 3.8) is 0 Å². The maximum atomic E-state index is 6.72. The van der Waals surface area contributed by atoms with Crippen molar-refractivity contribution in [2.75, 3.05) is 0 Å². The summed E-state index contributed by atoms with van der Waals surface area (Å²) in [4.78, 5) is 0. The molecule has 290 valence electrons. The largest absolute Gasteiger partial charge is 0.456 e. The Morgan fingerprint density at radius 1 is 0.242 bits per heavy atom. The van der Waals surface area contributed by atoms with Crippen LogP contribution in [0.2, 0.25) is 0 Å². The van der Waals surface area contributed by atoms with Crippen LogP contribution in [-0.2, 0) is 5.41 Å². The highest BCUT2D eigenvalue weighted by molar-refractivity contribution is 6.07. The fourth-order valence-corrected chi connectivity index (χ4v) is 10.0. The van der Waals surface area contributed by atoms with E-state index in [9.17, 15) is 0 Å². The van der Waals surface area contributed by atoms with Gasteiger partial charge in [-0.1, -0.05) is 194 Å². The summed E-state index contributed by atoms with van der Waals surface area (Å²) in [7, 11) is 0. The van der Waals surface area contributed by atoms with E-state index in [1.807, 2.05) is 0 Å². The lowest BCUT2D eigenvalue weighted by molar-refractivity contribution is 0.665. The van der Waals surface area contributed by atoms with Crippen molar-refractivity contribution in [2.24, 2.45) is 0 Å². The van der Waals surface area contributed by atoms with E-state index in [2.05, 4.69) is 243 Å². The van der Waals surface area contributed by atoms with E-state index in [0.29, 0.717) is 0 Å². The Morgan fingerprint density at radius 3 is 1.24 bits per heavy atom. The van der Waals surface area contributed by atoms with Crippen molar-refractivity contribution < 1.29 is 4.42 Å². The topological polar surface area (TPSA) is 13.1 Å². The summed E-state index contributed by atoms with van der Waals surface area (Å²) in [6.07, 6.45) is 0. The molecule has 0 fully saturated rings. The van der Waals surface area contributed by atoms with Gasteiger partial charge in [-0.3, -0.25) is 0 Å². The van der Waals surface area contributed by atoms with Gasteiger partial charge in [-0.05, 0) is 138 Å². The molecule has 0 saturated heterocycles. The average molecular weight is 789 g/mol. The summed E-state index contributed by atoms with van der Waals surface area (Å²) in [6.45, 7) is 0. The predicted molar refractivity (Wildman–Crippen MR) is 258 cm³/mol. The van der Waals surface area contributed by atoms with E-state index in [4.69, 9.17) is 4.42 Å². The van der Waals surface area contributed by atoms with Crippen LogP contribution in [0.4, 0.5) is 0 Å². The molecule has 1 heterocycles. The molecule has 0 spiro atoms. The maximum Gasteiger partial charge on any atom is 0.135 e. The molecule has 0 bridgehead atoms. The van der Waals surface area contributed by atoms with Gasteiger partial charge < -0.3 is 4.42 Å². The van der Waals surface area contributed by atoms with Crippen molar-refractivity contribution >= 4 is 21.9 Å². The minimum absolute atomic E-state index is 0.473. The molecule has 1 aliphatic carbocycles. The predicted octanol–water partition coefficient (Wildman–Crippen LogP) is 16.3. The average Bonchev–Trinajstić information content (AvgIpc) is 3.88. The van der Waals surface area contributed by atoms with Crippen LogP contribution in [0.25, 0.3) is 88.7 Å². The molecule has 1 aromatic heterocycles. The zero-order valence-electron chi connectivity index (χ0n) is 34.0. The third-order valence-electron chi connectivity index (χ3n) is 12.9. The first-order valence-corrected chi connectivity index (χ1v) is 21.4. The van der Waals surface area contributed by atoms with E-state index < -0.39 is 5.41 Å². The van der Waals surface area contributed by atoms with Crippen molar-refractivity contribution in [1.29, 1.82) is 0 Å². The van der Waals surface area contributed by atoms with Crippen molar-refractivity contribution in [1.82, 2.24) is 0 Å². The molecule has 0 amide bonds. The van der Waals surface area contributed by atoms with Crippen LogP contribution in [0, 0.1) is 0 Å². The molecule has 1 aliphatic rings. The molecule has 0 saturated carbocycles. The van der Waals surface area contributed by atoms with Crippen LogP contribution in [0.3, 0.4) is 0 Å². The van der Waals surface area contributed by atoms with Crippen LogP contribution in [0.15, 0.2) is 247 Å². The van der Waals surface area contributed by atoms with E-state index in [-0.39, 0.29) is 0 Å². The summed E-state index contributed by atoms with van der Waals surface area (Å²) in [5.41, 5.74) is 20.8. The van der Waals surface area contributed by atoms with Gasteiger partial charge in [0.2, 0.25) is 0 Å². The molecule has 0 atom stereocenters. The van der Waals surface area contributed by atoms with Gasteiger partial charge in [-0.25, -0.2) is 0 Å². The van der Waals surface area contributed by atoms with E-state index in [0.717, 1.165) is 27.5 Å². The van der Waals surface area contributed by atoms with Gasteiger partial charge in [0.15, 0.2) is 0 Å². The molecule has 0 unspecified atom stereocenters. The van der Waals surface area contributed by atoms with Gasteiger partial charge in [-0.15, -0.1) is 0 Å². The Bertz CT molecular complexity index is 3350. The molecule has 0 N–H and O–H groups in total. The fraction of sp³-hybridized carbons (Fsp3) is 0.0164. The van der Waals surface area contributed by atoms with Crippen LogP contribution in [-0.4, -0.2) is 0 Å². The number of hydrogen-bond donors (Lipinski definition) is 0. The first-order valence-electron chi connectivity index (χ1n) is 21.4. The maximum absolute atomic E-state index is 6.72. The quantitative estimate of drug-likeness (QED) is 0.157. The molecular weight excluding hydrogens is 749 g/mol. The summed E-state index contributed by atoms with van der Waals surface area (Å²) in [6, 6.07) is 88.3. The molecule has 0 aliphatic heterocycles. The second-order valence-corrected chi connectivity index (χ2v) is 16.4. The molecule has 1 heteroatoms. The number of fused-ring (bicyclic) bond motifs is 6. The second kappa shape index (κ2) is 14.6. The minimum atomic E-state index is -0.473. The lowest BCUT2D eigenvalue weighted by atomic mass is 9.67. The van der Waals surface area contributed by atoms with Crippen LogP contribution >= 0.6 is 0 Å². The SMILES string of the molecule is c1ccc(-c2cc(-c3ccccc3)cc(-c3cccc(-c4cccc(-c5ccc6oc7cc(C8(c9ccccc9)c9ccccc9-c9ccccc98)ccc7c6c5)c4)c3)c2)cc1. The van der Waals surface area contributed by atoms with Gasteiger partial charge in [-0.2, -0.15) is 0 Å². The first kappa shape index (κ1) is 35.9. The first-order chi connectivity index (χ1) is 30.7. The number of furan rings is 1. The molecule has 11 aromatic rings. The van der Waals surface area contributed by atoms with Crippen LogP contribution < -0.4 is 0 Å². The van der Waals surface area contributed by atoms with Gasteiger partial charge >= 0.3 is 0 Å². The van der Waals surface area contributed by atoms with Crippen LogP contribution in [0.1, 0.15) is 22.3 Å². The molecular formula is C61H40O. The third kappa shape index (κ3) is 5.85. The Balaban J connectivity index is 0.925. The molecule has 62 heavy (non-hydrogen) atoms. The summed E-state index contributed by atoms with van der Waals surface area (Å²) < 4.78 is 6.72. The molecule has 12 rings (SSSR count). The third-order valence-corrected chi connectivity index (χ3v) is 12.9. The standard InChI is InChI=1S/C61H40O/c1-4-16-41(17-5-1)48-36-49(42-18-6-2-7-19-42)38-50(37-48)46-23-15-21-44(35-46)43-20-14-22-45(34-43)47-30-33-59-56(39-47)55-32-31-52(40-60(55)62-59)61(51-24-8-3-9-25-51)57-28-12-10-26-53(57)54-27-11-13-29-58(54)61/h1-40H. The monoisotopic (exact) mass is 788 g/mol. The van der Waals surface area contributed by atoms with Crippen LogP contribution in [0.5, 0.6) is 0 Å². The summed E-state index contributed by atoms with van der Waals surface area (Å²) in [5.74, 6) is 0. The Labute approximate surface area is 361 Å². The van der Waals surface area contributed by atoms with Crippen molar-refractivity contribution in [2.45, 2.75) is 5.41 Å². The highest BCUT2D eigenvalue weighted by Crippen LogP contribution is 2.56. The Hall–Kier alpha value is -8.00. The minimum Gasteiger partial charge on any atom is -0.456 e. The highest BCUT2D eigenvalue weighted by Gasteiger charge is 2.46. The molecule has 10 aromatic carbocycles. The zero-order valence-corrected chi connectivity index (χ0v) is 34.0. The highest BCUT2D eigenvalue weighted by atomic mass is 16.3. The normalized spacial score (nSPS) is 12.6. The fourth-order valence-electron chi connectivity index (χ4n) is 10.0. The lowest BCUT2D eigenvalue weighted by Crippen LogP contribution is -2.28. The Morgan fingerprint density at radius 2 is 0.677 bits per heavy atom.